The summed E-state index contributed by atoms with van der Waals surface area (Å²) in [4.78, 5) is 8.67. The van der Waals surface area contributed by atoms with E-state index in [9.17, 15) is 4.39 Å². The van der Waals surface area contributed by atoms with Crippen LogP contribution < -0.4 is 5.32 Å². The fourth-order valence-electron chi connectivity index (χ4n) is 3.19. The Hall–Kier alpha value is -3.06. The van der Waals surface area contributed by atoms with Crippen LogP contribution in [0.5, 0.6) is 0 Å². The van der Waals surface area contributed by atoms with E-state index in [0.717, 1.165) is 43.7 Å². The van der Waals surface area contributed by atoms with E-state index < -0.39 is 0 Å². The molecule has 0 saturated carbocycles. The van der Waals surface area contributed by atoms with E-state index in [1.54, 1.807) is 12.4 Å². The van der Waals surface area contributed by atoms with E-state index in [1.165, 1.54) is 12.1 Å². The molecule has 0 aliphatic carbocycles. The highest BCUT2D eigenvalue weighted by atomic mass is 79.9. The molecule has 0 radical (unpaired) electrons. The van der Waals surface area contributed by atoms with Gasteiger partial charge in [0.25, 0.3) is 0 Å². The second-order valence-electron chi connectivity index (χ2n) is 6.78. The average Bonchev–Trinajstić information content (AvgIpc) is 3.06. The first-order valence-corrected chi connectivity index (χ1v) is 9.91. The van der Waals surface area contributed by atoms with Crippen molar-refractivity contribution in [1.82, 2.24) is 19.7 Å². The molecule has 1 N–H and O–H groups in total. The van der Waals surface area contributed by atoms with Crippen LogP contribution in [0.1, 0.15) is 23.7 Å². The molecule has 0 atom stereocenters. The molecule has 2 heterocycles. The largest absolute Gasteiger partial charge is 0.340 e. The number of benzene rings is 2. The number of nitrogens with zero attached hydrogens (tertiary/aromatic N) is 4. The van der Waals surface area contributed by atoms with Crippen molar-refractivity contribution >= 4 is 44.4 Å². The van der Waals surface area contributed by atoms with Gasteiger partial charge in [0.1, 0.15) is 18.0 Å². The SMILES string of the molecule is C/C(Br)=C\c1c(C)ncnc1Nc1ccc2c(cnn2Cc2cccc(F)c2)c1. The second kappa shape index (κ2) is 8.13. The van der Waals surface area contributed by atoms with Gasteiger partial charge in [-0.05, 0) is 60.3 Å². The maximum Gasteiger partial charge on any atom is 0.141 e. The molecule has 2 aromatic carbocycles. The number of hydrogen-bond donors (Lipinski definition) is 1. The van der Waals surface area contributed by atoms with Gasteiger partial charge < -0.3 is 5.32 Å². The highest BCUT2D eigenvalue weighted by molar-refractivity contribution is 9.11. The first-order chi connectivity index (χ1) is 14.0. The fourth-order valence-corrected chi connectivity index (χ4v) is 3.42. The first kappa shape index (κ1) is 19.3. The summed E-state index contributed by atoms with van der Waals surface area (Å²) in [6.07, 6.45) is 5.36. The fraction of sp³-hybridized carbons (Fsp3) is 0.136. The summed E-state index contributed by atoms with van der Waals surface area (Å²) in [5, 5.41) is 8.83. The Bertz CT molecular complexity index is 1210. The molecule has 5 nitrogen and oxygen atoms in total. The molecule has 0 saturated heterocycles. The zero-order valence-electron chi connectivity index (χ0n) is 16.0. The van der Waals surface area contributed by atoms with Crippen molar-refractivity contribution < 1.29 is 4.39 Å². The van der Waals surface area contributed by atoms with E-state index >= 15 is 0 Å². The third-order valence-electron chi connectivity index (χ3n) is 4.55. The number of fused-ring (bicyclic) bond motifs is 1. The minimum atomic E-state index is -0.242. The van der Waals surface area contributed by atoms with Crippen LogP contribution in [-0.2, 0) is 6.54 Å². The number of aromatic nitrogens is 4. The molecule has 146 valence electrons. The summed E-state index contributed by atoms with van der Waals surface area (Å²) in [6.45, 7) is 4.43. The Kier molecular flexibility index (Phi) is 5.40. The number of allylic oxidation sites excluding steroid dienone is 1. The Morgan fingerprint density at radius 3 is 2.86 bits per heavy atom. The van der Waals surface area contributed by atoms with Gasteiger partial charge in [0.15, 0.2) is 0 Å². The second-order valence-corrected chi connectivity index (χ2v) is 8.03. The Morgan fingerprint density at radius 1 is 1.21 bits per heavy atom. The molecule has 0 fully saturated rings. The standard InChI is InChI=1S/C22H19BrFN5/c1-14(23)8-20-15(2)25-13-26-22(20)28-19-6-7-21-17(10-19)11-27-29(21)12-16-4-3-5-18(24)9-16/h3-11,13H,12H2,1-2H3,(H,25,26,28)/b14-8+. The van der Waals surface area contributed by atoms with Crippen LogP contribution >= 0.6 is 15.9 Å². The highest BCUT2D eigenvalue weighted by Crippen LogP contribution is 2.26. The third-order valence-corrected chi connectivity index (χ3v) is 4.78. The van der Waals surface area contributed by atoms with Crippen LogP contribution in [-0.4, -0.2) is 19.7 Å². The van der Waals surface area contributed by atoms with E-state index in [1.807, 2.05) is 55.1 Å². The van der Waals surface area contributed by atoms with Crippen LogP contribution in [0, 0.1) is 12.7 Å². The maximum absolute atomic E-state index is 13.5. The Labute approximate surface area is 176 Å². The number of anilines is 2. The molecule has 4 aromatic rings. The van der Waals surface area contributed by atoms with E-state index in [2.05, 4.69) is 36.3 Å². The minimum Gasteiger partial charge on any atom is -0.340 e. The lowest BCUT2D eigenvalue weighted by atomic mass is 10.2. The smallest absolute Gasteiger partial charge is 0.141 e. The Balaban J connectivity index is 1.63. The summed E-state index contributed by atoms with van der Waals surface area (Å²) in [5.41, 5.74) is 4.59. The predicted octanol–water partition coefficient (Wildman–Crippen LogP) is 5.82. The van der Waals surface area contributed by atoms with Crippen LogP contribution in [0.15, 0.2) is 59.5 Å². The van der Waals surface area contributed by atoms with Crippen molar-refractivity contribution in [1.29, 1.82) is 0 Å². The minimum absolute atomic E-state index is 0.242. The van der Waals surface area contributed by atoms with E-state index in [-0.39, 0.29) is 5.82 Å². The molecular formula is C22H19BrFN5. The molecule has 0 amide bonds. The maximum atomic E-state index is 13.5. The molecule has 7 heteroatoms. The first-order valence-electron chi connectivity index (χ1n) is 9.12. The van der Waals surface area contributed by atoms with Gasteiger partial charge in [-0.15, -0.1) is 0 Å². The third kappa shape index (κ3) is 4.35. The van der Waals surface area contributed by atoms with Gasteiger partial charge in [0.05, 0.1) is 24.0 Å². The monoisotopic (exact) mass is 451 g/mol. The molecule has 0 spiro atoms. The molecule has 0 unspecified atom stereocenters. The summed E-state index contributed by atoms with van der Waals surface area (Å²) >= 11 is 3.48. The van der Waals surface area contributed by atoms with Gasteiger partial charge in [-0.25, -0.2) is 14.4 Å². The summed E-state index contributed by atoms with van der Waals surface area (Å²) in [7, 11) is 0. The van der Waals surface area contributed by atoms with Gasteiger partial charge in [-0.3, -0.25) is 4.68 Å². The number of nitrogens with one attached hydrogen (secondary N) is 1. The van der Waals surface area contributed by atoms with E-state index in [0.29, 0.717) is 6.54 Å². The number of hydrogen-bond acceptors (Lipinski definition) is 4. The lowest BCUT2D eigenvalue weighted by Gasteiger charge is -2.11. The summed E-state index contributed by atoms with van der Waals surface area (Å²) in [6, 6.07) is 12.6. The van der Waals surface area contributed by atoms with Crippen molar-refractivity contribution in [2.75, 3.05) is 5.32 Å². The van der Waals surface area contributed by atoms with Gasteiger partial charge in [0, 0.05) is 16.6 Å². The number of rotatable bonds is 5. The van der Waals surface area contributed by atoms with Crippen molar-refractivity contribution in [3.8, 4) is 0 Å². The lowest BCUT2D eigenvalue weighted by molar-refractivity contribution is 0.621. The number of aryl methyl sites for hydroxylation is 1. The van der Waals surface area contributed by atoms with Gasteiger partial charge >= 0.3 is 0 Å². The zero-order chi connectivity index (χ0) is 20.4. The van der Waals surface area contributed by atoms with Crippen LogP contribution in [0.4, 0.5) is 15.9 Å². The van der Waals surface area contributed by atoms with Crippen molar-refractivity contribution in [3.05, 3.63) is 82.1 Å². The van der Waals surface area contributed by atoms with Crippen LogP contribution in [0.3, 0.4) is 0 Å². The quantitative estimate of drug-likeness (QED) is 0.415. The van der Waals surface area contributed by atoms with E-state index in [4.69, 9.17) is 0 Å². The topological polar surface area (TPSA) is 55.6 Å². The molecule has 0 aliphatic rings. The van der Waals surface area contributed by atoms with Crippen molar-refractivity contribution in [2.24, 2.45) is 0 Å². The normalized spacial score (nSPS) is 11.8. The molecule has 0 bridgehead atoms. The lowest BCUT2D eigenvalue weighted by Crippen LogP contribution is -2.02. The van der Waals surface area contributed by atoms with Crippen LogP contribution in [0.2, 0.25) is 0 Å². The predicted molar refractivity (Wildman–Crippen MR) is 118 cm³/mol. The average molecular weight is 452 g/mol. The van der Waals surface area contributed by atoms with Crippen LogP contribution in [0.25, 0.3) is 17.0 Å². The number of halogens is 2. The van der Waals surface area contributed by atoms with Crippen molar-refractivity contribution in [3.63, 3.8) is 0 Å². The molecule has 29 heavy (non-hydrogen) atoms. The molecular weight excluding hydrogens is 433 g/mol. The van der Waals surface area contributed by atoms with Gasteiger partial charge in [-0.1, -0.05) is 28.1 Å². The van der Waals surface area contributed by atoms with Gasteiger partial charge in [-0.2, -0.15) is 5.10 Å². The molecule has 4 rings (SSSR count). The summed E-state index contributed by atoms with van der Waals surface area (Å²) < 4.78 is 16.3. The van der Waals surface area contributed by atoms with Gasteiger partial charge in [0.2, 0.25) is 0 Å². The Morgan fingerprint density at radius 2 is 2.07 bits per heavy atom. The van der Waals surface area contributed by atoms with Crippen molar-refractivity contribution in [2.45, 2.75) is 20.4 Å². The zero-order valence-corrected chi connectivity index (χ0v) is 17.6. The molecule has 0 aliphatic heterocycles. The summed E-state index contributed by atoms with van der Waals surface area (Å²) in [5.74, 6) is 0.497. The highest BCUT2D eigenvalue weighted by Gasteiger charge is 2.09. The molecule has 2 aromatic heterocycles.